The molecule has 140 valence electrons. The number of hydrogen-bond acceptors (Lipinski definition) is 4. The minimum Gasteiger partial charge on any atom is -0.481 e. The number of rotatable bonds is 6. The molecule has 4 nitrogen and oxygen atoms in total. The van der Waals surface area contributed by atoms with Crippen molar-refractivity contribution in [3.8, 4) is 5.75 Å². The first-order valence-electron chi connectivity index (χ1n) is 9.83. The zero-order valence-corrected chi connectivity index (χ0v) is 15.8. The summed E-state index contributed by atoms with van der Waals surface area (Å²) in [6, 6.07) is 5.86. The zero-order chi connectivity index (χ0) is 18.3. The van der Waals surface area contributed by atoms with Gasteiger partial charge < -0.3 is 9.47 Å². The van der Waals surface area contributed by atoms with Crippen LogP contribution in [0.2, 0.25) is 0 Å². The van der Waals surface area contributed by atoms with Crippen LogP contribution in [0, 0.1) is 37.0 Å². The molecule has 0 aliphatic heterocycles. The lowest BCUT2D eigenvalue weighted by molar-refractivity contribution is -0.158. The lowest BCUT2D eigenvalue weighted by Crippen LogP contribution is -2.51. The van der Waals surface area contributed by atoms with Crippen LogP contribution >= 0.6 is 0 Å². The first kappa shape index (κ1) is 17.6. The molecule has 0 unspecified atom stereocenters. The predicted octanol–water partition coefficient (Wildman–Crippen LogP) is 4.01. The van der Waals surface area contributed by atoms with E-state index < -0.39 is 5.97 Å². The standard InChI is InChI=1S/C22H28O4/c1-14-4-3-5-15(2)21(14)26-13-20(24)25-12-19(23)22-9-16-6-17(10-22)8-18(7-16)11-22/h3-5,16-18H,6-13H2,1-2H3. The molecule has 0 radical (unpaired) electrons. The molecule has 4 saturated carbocycles. The Labute approximate surface area is 155 Å². The molecular formula is C22H28O4. The Morgan fingerprint density at radius 3 is 2.04 bits per heavy atom. The molecule has 4 fully saturated rings. The number of Topliss-reactive ketones (excluding diaryl/α,β-unsaturated/α-hetero) is 1. The maximum absolute atomic E-state index is 12.9. The minimum absolute atomic E-state index is 0.0961. The molecule has 4 bridgehead atoms. The highest BCUT2D eigenvalue weighted by atomic mass is 16.6. The molecule has 0 spiro atoms. The number of hydrogen-bond donors (Lipinski definition) is 0. The van der Waals surface area contributed by atoms with E-state index in [-0.39, 0.29) is 24.4 Å². The number of para-hydroxylation sites is 1. The number of ketones is 1. The highest BCUT2D eigenvalue weighted by Gasteiger charge is 2.54. The van der Waals surface area contributed by atoms with Crippen LogP contribution in [0.5, 0.6) is 5.75 Å². The summed E-state index contributed by atoms with van der Waals surface area (Å²) in [7, 11) is 0. The van der Waals surface area contributed by atoms with Gasteiger partial charge in [-0.25, -0.2) is 4.79 Å². The summed E-state index contributed by atoms with van der Waals surface area (Å²) in [5, 5.41) is 0. The molecule has 4 heteroatoms. The van der Waals surface area contributed by atoms with Crippen molar-refractivity contribution in [1.29, 1.82) is 0 Å². The van der Waals surface area contributed by atoms with E-state index in [1.807, 2.05) is 32.0 Å². The highest BCUT2D eigenvalue weighted by Crippen LogP contribution is 2.60. The average Bonchev–Trinajstić information content (AvgIpc) is 2.58. The quantitative estimate of drug-likeness (QED) is 0.723. The number of benzene rings is 1. The number of esters is 1. The molecule has 0 amide bonds. The molecule has 1 aromatic carbocycles. The topological polar surface area (TPSA) is 52.6 Å². The van der Waals surface area contributed by atoms with E-state index in [4.69, 9.17) is 9.47 Å². The van der Waals surface area contributed by atoms with Gasteiger partial charge in [0.15, 0.2) is 19.0 Å². The molecule has 0 atom stereocenters. The monoisotopic (exact) mass is 356 g/mol. The second-order valence-electron chi connectivity index (χ2n) is 8.79. The summed E-state index contributed by atoms with van der Waals surface area (Å²) in [6.07, 6.45) is 6.93. The third-order valence-corrected chi connectivity index (χ3v) is 6.74. The summed E-state index contributed by atoms with van der Waals surface area (Å²) < 4.78 is 10.9. The maximum Gasteiger partial charge on any atom is 0.344 e. The normalized spacial score (nSPS) is 31.7. The summed E-state index contributed by atoms with van der Waals surface area (Å²) in [5.74, 6) is 2.54. The van der Waals surface area contributed by atoms with Crippen LogP contribution in [0.3, 0.4) is 0 Å². The third kappa shape index (κ3) is 3.26. The maximum atomic E-state index is 12.9. The van der Waals surface area contributed by atoms with Crippen LogP contribution in [0.25, 0.3) is 0 Å². The van der Waals surface area contributed by atoms with E-state index in [1.54, 1.807) is 0 Å². The molecule has 4 aliphatic carbocycles. The predicted molar refractivity (Wildman–Crippen MR) is 98.0 cm³/mol. The Morgan fingerprint density at radius 2 is 1.50 bits per heavy atom. The van der Waals surface area contributed by atoms with Crippen molar-refractivity contribution in [2.75, 3.05) is 13.2 Å². The SMILES string of the molecule is Cc1cccc(C)c1OCC(=O)OCC(=O)C12CC3CC(CC(C3)C1)C2. The molecule has 1 aromatic rings. The molecule has 0 aromatic heterocycles. The number of aryl methyl sites for hydroxylation is 2. The van der Waals surface area contributed by atoms with E-state index in [1.165, 1.54) is 19.3 Å². The number of ether oxygens (including phenoxy) is 2. The Balaban J connectivity index is 1.30. The van der Waals surface area contributed by atoms with E-state index >= 15 is 0 Å². The first-order chi connectivity index (χ1) is 12.4. The van der Waals surface area contributed by atoms with Gasteiger partial charge in [-0.05, 0) is 81.3 Å². The molecule has 5 rings (SSSR count). The summed E-state index contributed by atoms with van der Waals surface area (Å²) in [6.45, 7) is 3.65. The average molecular weight is 356 g/mol. The van der Waals surface area contributed by atoms with Gasteiger partial charge in [-0.15, -0.1) is 0 Å². The molecule has 0 N–H and O–H groups in total. The van der Waals surface area contributed by atoms with Crippen LogP contribution in [0.1, 0.15) is 49.7 Å². The third-order valence-electron chi connectivity index (χ3n) is 6.74. The number of carbonyl (C=O) groups excluding carboxylic acids is 2. The Morgan fingerprint density at radius 1 is 0.962 bits per heavy atom. The van der Waals surface area contributed by atoms with Gasteiger partial charge in [-0.2, -0.15) is 0 Å². The van der Waals surface area contributed by atoms with Gasteiger partial charge in [-0.1, -0.05) is 18.2 Å². The van der Waals surface area contributed by atoms with Gasteiger partial charge in [-0.3, -0.25) is 4.79 Å². The summed E-state index contributed by atoms with van der Waals surface area (Å²) in [4.78, 5) is 24.9. The Hall–Kier alpha value is -1.84. The van der Waals surface area contributed by atoms with Crippen molar-refractivity contribution < 1.29 is 19.1 Å². The molecule has 4 aliphatic rings. The van der Waals surface area contributed by atoms with Crippen LogP contribution in [0.15, 0.2) is 18.2 Å². The highest BCUT2D eigenvalue weighted by molar-refractivity contribution is 5.88. The fraction of sp³-hybridized carbons (Fsp3) is 0.636. The van der Waals surface area contributed by atoms with Crippen molar-refractivity contribution in [2.24, 2.45) is 23.2 Å². The van der Waals surface area contributed by atoms with Gasteiger partial charge in [0.1, 0.15) is 5.75 Å². The smallest absolute Gasteiger partial charge is 0.344 e. The van der Waals surface area contributed by atoms with E-state index in [9.17, 15) is 9.59 Å². The fourth-order valence-electron chi connectivity index (χ4n) is 5.95. The summed E-state index contributed by atoms with van der Waals surface area (Å²) in [5.41, 5.74) is 1.77. The van der Waals surface area contributed by atoms with Crippen LogP contribution in [-0.2, 0) is 14.3 Å². The van der Waals surface area contributed by atoms with Gasteiger partial charge in [0, 0.05) is 5.41 Å². The van der Waals surface area contributed by atoms with Crippen LogP contribution in [0.4, 0.5) is 0 Å². The second-order valence-corrected chi connectivity index (χ2v) is 8.79. The molecule has 0 saturated heterocycles. The zero-order valence-electron chi connectivity index (χ0n) is 15.8. The van der Waals surface area contributed by atoms with Crippen molar-refractivity contribution in [1.82, 2.24) is 0 Å². The number of carbonyl (C=O) groups is 2. The largest absolute Gasteiger partial charge is 0.481 e. The fourth-order valence-corrected chi connectivity index (χ4v) is 5.95. The van der Waals surface area contributed by atoms with E-state index in [0.717, 1.165) is 36.1 Å². The van der Waals surface area contributed by atoms with E-state index in [0.29, 0.717) is 17.8 Å². The van der Waals surface area contributed by atoms with Crippen molar-refractivity contribution >= 4 is 11.8 Å². The molecule has 0 heterocycles. The van der Waals surface area contributed by atoms with Gasteiger partial charge in [0.05, 0.1) is 0 Å². The molecule has 26 heavy (non-hydrogen) atoms. The van der Waals surface area contributed by atoms with Gasteiger partial charge in [0.25, 0.3) is 0 Å². The van der Waals surface area contributed by atoms with Gasteiger partial charge in [0.2, 0.25) is 0 Å². The first-order valence-corrected chi connectivity index (χ1v) is 9.83. The van der Waals surface area contributed by atoms with Crippen molar-refractivity contribution in [2.45, 2.75) is 52.4 Å². The molecular weight excluding hydrogens is 328 g/mol. The van der Waals surface area contributed by atoms with Crippen LogP contribution in [-0.4, -0.2) is 25.0 Å². The van der Waals surface area contributed by atoms with E-state index in [2.05, 4.69) is 0 Å². The lowest BCUT2D eigenvalue weighted by Gasteiger charge is -2.55. The Kier molecular flexibility index (Phi) is 4.54. The lowest BCUT2D eigenvalue weighted by atomic mass is 9.48. The van der Waals surface area contributed by atoms with Crippen molar-refractivity contribution in [3.05, 3.63) is 29.3 Å². The van der Waals surface area contributed by atoms with Crippen LogP contribution < -0.4 is 4.74 Å². The van der Waals surface area contributed by atoms with Gasteiger partial charge >= 0.3 is 5.97 Å². The second kappa shape index (κ2) is 6.71. The minimum atomic E-state index is -0.467. The van der Waals surface area contributed by atoms with Crippen molar-refractivity contribution in [3.63, 3.8) is 0 Å². The Bertz CT molecular complexity index is 665. The summed E-state index contributed by atoms with van der Waals surface area (Å²) >= 11 is 0.